The van der Waals surface area contributed by atoms with Gasteiger partial charge in [-0.15, -0.1) is 5.92 Å². The lowest BCUT2D eigenvalue weighted by molar-refractivity contribution is 0.306. The summed E-state index contributed by atoms with van der Waals surface area (Å²) in [5, 5.41) is 3.31. The molecule has 1 aliphatic rings. The number of hydrogen-bond donors (Lipinski definition) is 1. The first-order chi connectivity index (χ1) is 4.93. The third kappa shape index (κ3) is 2.41. The first-order valence-corrected chi connectivity index (χ1v) is 4.04. The third-order valence-electron chi connectivity index (χ3n) is 2.05. The molecular weight excluding hydrogens is 122 g/mol. The van der Waals surface area contributed by atoms with Crippen LogP contribution in [-0.4, -0.2) is 13.1 Å². The summed E-state index contributed by atoms with van der Waals surface area (Å²) in [6.45, 7) is 3.92. The van der Waals surface area contributed by atoms with Gasteiger partial charge in [0.2, 0.25) is 0 Å². The molecule has 1 aliphatic carbocycles. The second kappa shape index (κ2) is 4.35. The first-order valence-electron chi connectivity index (χ1n) is 4.04. The summed E-state index contributed by atoms with van der Waals surface area (Å²) in [5.74, 6) is 6.81. The van der Waals surface area contributed by atoms with Gasteiger partial charge in [0.05, 0.1) is 6.54 Å². The molecule has 1 N–H and O–H groups in total. The fourth-order valence-corrected chi connectivity index (χ4v) is 1.12. The van der Waals surface area contributed by atoms with Gasteiger partial charge in [0.1, 0.15) is 0 Å². The van der Waals surface area contributed by atoms with Crippen molar-refractivity contribution in [1.82, 2.24) is 5.32 Å². The number of rotatable bonds is 3. The quantitative estimate of drug-likeness (QED) is 0.458. The van der Waals surface area contributed by atoms with E-state index in [0.29, 0.717) is 0 Å². The van der Waals surface area contributed by atoms with E-state index in [0.717, 1.165) is 12.5 Å². The largest absolute Gasteiger partial charge is 0.306 e. The van der Waals surface area contributed by atoms with Gasteiger partial charge >= 0.3 is 0 Å². The monoisotopic (exact) mass is 137 g/mol. The minimum Gasteiger partial charge on any atom is -0.306 e. The number of nitrogens with one attached hydrogen (secondary N) is 1. The first kappa shape index (κ1) is 7.63. The second-order valence-electron chi connectivity index (χ2n) is 2.85. The maximum absolute atomic E-state index is 3.31. The van der Waals surface area contributed by atoms with E-state index in [1.165, 1.54) is 25.8 Å². The van der Waals surface area contributed by atoms with Crippen molar-refractivity contribution in [3.8, 4) is 11.8 Å². The summed E-state index contributed by atoms with van der Waals surface area (Å²) in [7, 11) is 0. The summed E-state index contributed by atoms with van der Waals surface area (Å²) in [5.41, 5.74) is 0. The van der Waals surface area contributed by atoms with Gasteiger partial charge in [-0.25, -0.2) is 0 Å². The van der Waals surface area contributed by atoms with E-state index < -0.39 is 0 Å². The lowest BCUT2D eigenvalue weighted by Gasteiger charge is -2.24. The molecule has 0 aromatic rings. The van der Waals surface area contributed by atoms with E-state index >= 15 is 0 Å². The molecule has 0 atom stereocenters. The van der Waals surface area contributed by atoms with Gasteiger partial charge in [-0.2, -0.15) is 0 Å². The summed E-state index contributed by atoms with van der Waals surface area (Å²) >= 11 is 0. The Morgan fingerprint density at radius 1 is 1.50 bits per heavy atom. The van der Waals surface area contributed by atoms with E-state index in [-0.39, 0.29) is 0 Å². The van der Waals surface area contributed by atoms with E-state index in [9.17, 15) is 0 Å². The molecule has 0 amide bonds. The normalized spacial score (nSPS) is 17.3. The highest BCUT2D eigenvalue weighted by Gasteiger charge is 2.15. The predicted molar refractivity (Wildman–Crippen MR) is 43.7 cm³/mol. The molecule has 1 heteroatoms. The van der Waals surface area contributed by atoms with Gasteiger partial charge in [-0.05, 0) is 32.2 Å². The SMILES string of the molecule is CC#CCNCC1CCC1. The lowest BCUT2D eigenvalue weighted by Crippen LogP contribution is -2.27. The topological polar surface area (TPSA) is 12.0 Å². The third-order valence-corrected chi connectivity index (χ3v) is 2.05. The molecule has 56 valence electrons. The zero-order valence-electron chi connectivity index (χ0n) is 6.61. The Bertz CT molecular complexity index is 137. The molecule has 1 saturated carbocycles. The van der Waals surface area contributed by atoms with Crippen molar-refractivity contribution >= 4 is 0 Å². The zero-order chi connectivity index (χ0) is 7.23. The van der Waals surface area contributed by atoms with E-state index in [1.807, 2.05) is 6.92 Å². The van der Waals surface area contributed by atoms with Crippen LogP contribution in [0.1, 0.15) is 26.2 Å². The van der Waals surface area contributed by atoms with Gasteiger partial charge in [-0.3, -0.25) is 0 Å². The Labute approximate surface area is 63.2 Å². The average molecular weight is 137 g/mol. The van der Waals surface area contributed by atoms with Gasteiger partial charge in [0.25, 0.3) is 0 Å². The molecule has 0 aromatic heterocycles. The Kier molecular flexibility index (Phi) is 3.32. The summed E-state index contributed by atoms with van der Waals surface area (Å²) in [6.07, 6.45) is 4.28. The molecule has 1 nitrogen and oxygen atoms in total. The van der Waals surface area contributed by atoms with Crippen LogP contribution in [0.2, 0.25) is 0 Å². The van der Waals surface area contributed by atoms with Crippen molar-refractivity contribution in [1.29, 1.82) is 0 Å². The Balaban J connectivity index is 1.88. The lowest BCUT2D eigenvalue weighted by atomic mass is 9.85. The molecule has 0 unspecified atom stereocenters. The summed E-state index contributed by atoms with van der Waals surface area (Å²) in [6, 6.07) is 0. The minimum absolute atomic E-state index is 0.868. The van der Waals surface area contributed by atoms with Crippen molar-refractivity contribution < 1.29 is 0 Å². The summed E-state index contributed by atoms with van der Waals surface area (Å²) < 4.78 is 0. The minimum atomic E-state index is 0.868. The molecule has 0 radical (unpaired) electrons. The Morgan fingerprint density at radius 2 is 2.30 bits per heavy atom. The number of hydrogen-bond acceptors (Lipinski definition) is 1. The zero-order valence-corrected chi connectivity index (χ0v) is 6.61. The van der Waals surface area contributed by atoms with Crippen LogP contribution in [0.3, 0.4) is 0 Å². The highest BCUT2D eigenvalue weighted by Crippen LogP contribution is 2.24. The van der Waals surface area contributed by atoms with Crippen molar-refractivity contribution in [2.75, 3.05) is 13.1 Å². The highest BCUT2D eigenvalue weighted by molar-refractivity contribution is 4.97. The van der Waals surface area contributed by atoms with Gasteiger partial charge in [0.15, 0.2) is 0 Å². The smallest absolute Gasteiger partial charge is 0.0576 e. The van der Waals surface area contributed by atoms with Crippen LogP contribution >= 0.6 is 0 Å². The molecule has 0 saturated heterocycles. The van der Waals surface area contributed by atoms with Crippen LogP contribution in [-0.2, 0) is 0 Å². The second-order valence-corrected chi connectivity index (χ2v) is 2.85. The Hall–Kier alpha value is -0.480. The van der Waals surface area contributed by atoms with Gasteiger partial charge < -0.3 is 5.32 Å². The van der Waals surface area contributed by atoms with Crippen molar-refractivity contribution in [3.63, 3.8) is 0 Å². The fourth-order valence-electron chi connectivity index (χ4n) is 1.12. The fraction of sp³-hybridized carbons (Fsp3) is 0.778. The Morgan fingerprint density at radius 3 is 2.80 bits per heavy atom. The standard InChI is InChI=1S/C9H15N/c1-2-3-7-10-8-9-5-4-6-9/h9-10H,4-8H2,1H3. The van der Waals surface area contributed by atoms with E-state index in [4.69, 9.17) is 0 Å². The highest BCUT2D eigenvalue weighted by atomic mass is 14.8. The van der Waals surface area contributed by atoms with Crippen LogP contribution in [0.4, 0.5) is 0 Å². The van der Waals surface area contributed by atoms with Gasteiger partial charge in [-0.1, -0.05) is 12.3 Å². The molecule has 0 bridgehead atoms. The molecule has 1 rings (SSSR count). The van der Waals surface area contributed by atoms with Crippen LogP contribution in [0.15, 0.2) is 0 Å². The molecule has 0 aliphatic heterocycles. The molecule has 10 heavy (non-hydrogen) atoms. The van der Waals surface area contributed by atoms with Gasteiger partial charge in [0, 0.05) is 0 Å². The maximum atomic E-state index is 3.31. The van der Waals surface area contributed by atoms with Crippen LogP contribution < -0.4 is 5.32 Å². The van der Waals surface area contributed by atoms with Crippen molar-refractivity contribution in [2.24, 2.45) is 5.92 Å². The predicted octanol–water partition coefficient (Wildman–Crippen LogP) is 1.40. The molecule has 0 spiro atoms. The average Bonchev–Trinajstić information content (AvgIpc) is 1.84. The van der Waals surface area contributed by atoms with E-state index in [1.54, 1.807) is 0 Å². The van der Waals surface area contributed by atoms with Crippen LogP contribution in [0.5, 0.6) is 0 Å². The molecule has 0 aromatic carbocycles. The maximum Gasteiger partial charge on any atom is 0.0576 e. The van der Waals surface area contributed by atoms with Crippen molar-refractivity contribution in [3.05, 3.63) is 0 Å². The van der Waals surface area contributed by atoms with Crippen LogP contribution in [0, 0.1) is 17.8 Å². The molecule has 0 heterocycles. The summed E-state index contributed by atoms with van der Waals surface area (Å²) in [4.78, 5) is 0. The van der Waals surface area contributed by atoms with Crippen LogP contribution in [0.25, 0.3) is 0 Å². The van der Waals surface area contributed by atoms with Crippen molar-refractivity contribution in [2.45, 2.75) is 26.2 Å². The van der Waals surface area contributed by atoms with E-state index in [2.05, 4.69) is 17.2 Å². The molecule has 1 fully saturated rings. The molecular formula is C9H15N.